The van der Waals surface area contributed by atoms with Crippen LogP contribution < -0.4 is 29.8 Å². The standard InChI is InChI=1S/C20H20N2O8/c1-26-15-9-5-6-12(18(15)27-2)20(25)29-11-17(23)21-22-19(24)16-10-28-13-7-3-4-8-14(13)30-16/h3-9,16H,10-11H2,1-2H3,(H,21,23)(H,22,24)/t16-/m1/s1. The molecule has 2 aromatic rings. The summed E-state index contributed by atoms with van der Waals surface area (Å²) in [6, 6.07) is 11.6. The molecule has 0 aromatic heterocycles. The summed E-state index contributed by atoms with van der Waals surface area (Å²) in [6.45, 7) is -0.631. The zero-order valence-electron chi connectivity index (χ0n) is 16.3. The second-order valence-corrected chi connectivity index (χ2v) is 6.02. The lowest BCUT2D eigenvalue weighted by Gasteiger charge is -2.25. The molecule has 2 N–H and O–H groups in total. The number of hydrazine groups is 1. The fraction of sp³-hybridized carbons (Fsp3) is 0.250. The van der Waals surface area contributed by atoms with Gasteiger partial charge in [-0.15, -0.1) is 0 Å². The van der Waals surface area contributed by atoms with E-state index in [2.05, 4.69) is 10.9 Å². The fourth-order valence-electron chi connectivity index (χ4n) is 2.65. The molecule has 10 heteroatoms. The number of hydrogen-bond acceptors (Lipinski definition) is 8. The van der Waals surface area contributed by atoms with Gasteiger partial charge in [0.15, 0.2) is 29.6 Å². The Labute approximate surface area is 172 Å². The van der Waals surface area contributed by atoms with Gasteiger partial charge in [-0.3, -0.25) is 20.4 Å². The van der Waals surface area contributed by atoms with Gasteiger partial charge in [0, 0.05) is 0 Å². The number of amides is 2. The number of benzene rings is 2. The zero-order valence-corrected chi connectivity index (χ0v) is 16.3. The van der Waals surface area contributed by atoms with Crippen LogP contribution in [0.25, 0.3) is 0 Å². The average molecular weight is 416 g/mol. The van der Waals surface area contributed by atoms with E-state index in [0.29, 0.717) is 17.2 Å². The average Bonchev–Trinajstić information content (AvgIpc) is 2.79. The Kier molecular flexibility index (Phi) is 6.58. The molecule has 30 heavy (non-hydrogen) atoms. The van der Waals surface area contributed by atoms with E-state index in [4.69, 9.17) is 23.7 Å². The summed E-state index contributed by atoms with van der Waals surface area (Å²) < 4.78 is 26.2. The van der Waals surface area contributed by atoms with E-state index in [-0.39, 0.29) is 17.9 Å². The minimum absolute atomic E-state index is 0.0106. The maximum absolute atomic E-state index is 12.2. The summed E-state index contributed by atoms with van der Waals surface area (Å²) in [4.78, 5) is 36.3. The molecule has 10 nitrogen and oxygen atoms in total. The van der Waals surface area contributed by atoms with E-state index < -0.39 is 30.5 Å². The van der Waals surface area contributed by atoms with Gasteiger partial charge in [-0.1, -0.05) is 18.2 Å². The number of carbonyl (C=O) groups is 3. The number of methoxy groups -OCH3 is 2. The van der Waals surface area contributed by atoms with Crippen molar-refractivity contribution < 1.29 is 38.1 Å². The predicted molar refractivity (Wildman–Crippen MR) is 102 cm³/mol. The highest BCUT2D eigenvalue weighted by Gasteiger charge is 2.27. The van der Waals surface area contributed by atoms with E-state index in [9.17, 15) is 14.4 Å². The van der Waals surface area contributed by atoms with Crippen molar-refractivity contribution in [2.75, 3.05) is 27.4 Å². The van der Waals surface area contributed by atoms with Crippen LogP contribution in [-0.4, -0.2) is 51.3 Å². The van der Waals surface area contributed by atoms with E-state index >= 15 is 0 Å². The molecule has 0 saturated heterocycles. The molecule has 2 amide bonds. The van der Waals surface area contributed by atoms with Crippen molar-refractivity contribution in [1.29, 1.82) is 0 Å². The maximum atomic E-state index is 12.2. The van der Waals surface area contributed by atoms with Gasteiger partial charge in [-0.25, -0.2) is 4.79 Å². The second kappa shape index (κ2) is 9.50. The highest BCUT2D eigenvalue weighted by Crippen LogP contribution is 2.31. The molecule has 2 aromatic carbocycles. The Morgan fingerprint density at radius 2 is 1.77 bits per heavy atom. The number of ether oxygens (including phenoxy) is 5. The molecule has 1 heterocycles. The van der Waals surface area contributed by atoms with Crippen molar-refractivity contribution in [1.82, 2.24) is 10.9 Å². The van der Waals surface area contributed by atoms with Crippen molar-refractivity contribution >= 4 is 17.8 Å². The molecular formula is C20H20N2O8. The summed E-state index contributed by atoms with van der Waals surface area (Å²) >= 11 is 0. The van der Waals surface area contributed by atoms with Gasteiger partial charge in [0.05, 0.1) is 14.2 Å². The minimum atomic E-state index is -0.941. The number of esters is 1. The first-order chi connectivity index (χ1) is 14.5. The van der Waals surface area contributed by atoms with Crippen LogP contribution in [0.3, 0.4) is 0 Å². The van der Waals surface area contributed by atoms with Crippen LogP contribution in [0, 0.1) is 0 Å². The van der Waals surface area contributed by atoms with Gasteiger partial charge in [0.25, 0.3) is 11.8 Å². The molecule has 0 aliphatic carbocycles. The van der Waals surface area contributed by atoms with Crippen molar-refractivity contribution in [3.8, 4) is 23.0 Å². The van der Waals surface area contributed by atoms with Crippen LogP contribution in [0.5, 0.6) is 23.0 Å². The maximum Gasteiger partial charge on any atom is 0.342 e. The number of hydrogen-bond donors (Lipinski definition) is 2. The largest absolute Gasteiger partial charge is 0.493 e. The highest BCUT2D eigenvalue weighted by atomic mass is 16.6. The SMILES string of the molecule is COc1cccc(C(=O)OCC(=O)NNC(=O)[C@H]2COc3ccccc3O2)c1OC. The van der Waals surface area contributed by atoms with Crippen molar-refractivity contribution in [2.24, 2.45) is 0 Å². The number of rotatable bonds is 6. The monoisotopic (exact) mass is 416 g/mol. The van der Waals surface area contributed by atoms with Crippen molar-refractivity contribution in [3.05, 3.63) is 48.0 Å². The summed E-state index contributed by atoms with van der Waals surface area (Å²) in [5.41, 5.74) is 4.46. The van der Waals surface area contributed by atoms with Gasteiger partial charge in [-0.2, -0.15) is 0 Å². The molecule has 158 valence electrons. The zero-order chi connectivity index (χ0) is 21.5. The number of para-hydroxylation sites is 3. The Hall–Kier alpha value is -3.95. The number of carbonyl (C=O) groups excluding carboxylic acids is 3. The quantitative estimate of drug-likeness (QED) is 0.525. The lowest BCUT2D eigenvalue weighted by molar-refractivity contribution is -0.135. The normalized spacial score (nSPS) is 14.3. The van der Waals surface area contributed by atoms with Gasteiger partial charge < -0.3 is 23.7 Å². The van der Waals surface area contributed by atoms with Gasteiger partial charge in [0.2, 0.25) is 6.10 Å². The lowest BCUT2D eigenvalue weighted by atomic mass is 10.2. The molecule has 0 bridgehead atoms. The smallest absolute Gasteiger partial charge is 0.342 e. The molecular weight excluding hydrogens is 396 g/mol. The third kappa shape index (κ3) is 4.72. The Morgan fingerprint density at radius 3 is 2.50 bits per heavy atom. The number of fused-ring (bicyclic) bond motifs is 1. The first-order valence-electron chi connectivity index (χ1n) is 8.88. The van der Waals surface area contributed by atoms with Crippen LogP contribution in [0.4, 0.5) is 0 Å². The molecule has 0 fully saturated rings. The first-order valence-corrected chi connectivity index (χ1v) is 8.88. The Morgan fingerprint density at radius 1 is 1.00 bits per heavy atom. The van der Waals surface area contributed by atoms with Crippen molar-refractivity contribution in [3.63, 3.8) is 0 Å². The Bertz CT molecular complexity index is 946. The van der Waals surface area contributed by atoms with Crippen LogP contribution in [0.1, 0.15) is 10.4 Å². The first kappa shape index (κ1) is 20.8. The second-order valence-electron chi connectivity index (χ2n) is 6.02. The Balaban J connectivity index is 1.47. The van der Waals surface area contributed by atoms with Crippen LogP contribution in [0.15, 0.2) is 42.5 Å². The van der Waals surface area contributed by atoms with E-state index in [1.54, 1.807) is 36.4 Å². The molecule has 1 aliphatic rings. The third-order valence-electron chi connectivity index (χ3n) is 4.08. The molecule has 1 aliphatic heterocycles. The third-order valence-corrected chi connectivity index (χ3v) is 4.08. The molecule has 0 saturated carbocycles. The van der Waals surface area contributed by atoms with Gasteiger partial charge in [-0.05, 0) is 24.3 Å². The lowest BCUT2D eigenvalue weighted by Crippen LogP contribution is -2.51. The predicted octanol–water partition coefficient (Wildman–Crippen LogP) is 0.848. The summed E-state index contributed by atoms with van der Waals surface area (Å²) in [5.74, 6) is -0.641. The summed E-state index contributed by atoms with van der Waals surface area (Å²) in [6.07, 6.45) is -0.941. The highest BCUT2D eigenvalue weighted by molar-refractivity contribution is 5.95. The summed E-state index contributed by atoms with van der Waals surface area (Å²) in [5, 5.41) is 0. The van der Waals surface area contributed by atoms with Gasteiger partial charge in [0.1, 0.15) is 12.2 Å². The van der Waals surface area contributed by atoms with Crippen molar-refractivity contribution in [2.45, 2.75) is 6.10 Å². The van der Waals surface area contributed by atoms with Crippen LogP contribution in [0.2, 0.25) is 0 Å². The molecule has 3 rings (SSSR count). The minimum Gasteiger partial charge on any atom is -0.493 e. The van der Waals surface area contributed by atoms with E-state index in [0.717, 1.165) is 0 Å². The summed E-state index contributed by atoms with van der Waals surface area (Å²) in [7, 11) is 2.81. The van der Waals surface area contributed by atoms with Crippen LogP contribution in [-0.2, 0) is 14.3 Å². The number of nitrogens with one attached hydrogen (secondary N) is 2. The molecule has 1 atom stereocenters. The molecule has 0 spiro atoms. The van der Waals surface area contributed by atoms with Gasteiger partial charge >= 0.3 is 5.97 Å². The van der Waals surface area contributed by atoms with Crippen LogP contribution >= 0.6 is 0 Å². The van der Waals surface area contributed by atoms with E-state index in [1.165, 1.54) is 20.3 Å². The molecule has 0 radical (unpaired) electrons. The topological polar surface area (TPSA) is 121 Å². The molecule has 0 unspecified atom stereocenters. The van der Waals surface area contributed by atoms with E-state index in [1.807, 2.05) is 0 Å². The fourth-order valence-corrected chi connectivity index (χ4v) is 2.65.